The Balaban J connectivity index is 0.00000162. The molecule has 3 N–H and O–H groups in total. The number of benzene rings is 1. The number of rotatable bonds is 4. The standard InChI is InChI=1S/C13H19N3O.HI/c1-16(11-5-6-11)13(14)15-8-7-10-3-2-4-12(17)9-10;/h2-4,9,11,17H,5-8H2,1H3,(H2,14,15);1H. The average molecular weight is 361 g/mol. The molecule has 0 heterocycles. The van der Waals surface area contributed by atoms with Gasteiger partial charge in [0.25, 0.3) is 0 Å². The van der Waals surface area contributed by atoms with Crippen molar-refractivity contribution in [3.8, 4) is 5.75 Å². The molecule has 0 spiro atoms. The fourth-order valence-corrected chi connectivity index (χ4v) is 1.77. The van der Waals surface area contributed by atoms with Crippen molar-refractivity contribution < 1.29 is 5.11 Å². The fourth-order valence-electron chi connectivity index (χ4n) is 1.77. The van der Waals surface area contributed by atoms with Crippen molar-refractivity contribution in [3.05, 3.63) is 29.8 Å². The van der Waals surface area contributed by atoms with Crippen molar-refractivity contribution in [3.63, 3.8) is 0 Å². The van der Waals surface area contributed by atoms with Gasteiger partial charge in [0.1, 0.15) is 5.75 Å². The van der Waals surface area contributed by atoms with E-state index in [-0.39, 0.29) is 24.0 Å². The van der Waals surface area contributed by atoms with Crippen LogP contribution in [-0.2, 0) is 6.42 Å². The first-order valence-corrected chi connectivity index (χ1v) is 5.97. The first-order valence-electron chi connectivity index (χ1n) is 5.97. The maximum atomic E-state index is 9.32. The lowest BCUT2D eigenvalue weighted by Crippen LogP contribution is -2.35. The summed E-state index contributed by atoms with van der Waals surface area (Å²) in [5, 5.41) is 9.32. The van der Waals surface area contributed by atoms with Crippen LogP contribution in [0.2, 0.25) is 0 Å². The second-order valence-corrected chi connectivity index (χ2v) is 4.50. The van der Waals surface area contributed by atoms with Gasteiger partial charge in [0.2, 0.25) is 0 Å². The van der Waals surface area contributed by atoms with Crippen LogP contribution in [0, 0.1) is 0 Å². The van der Waals surface area contributed by atoms with Crippen LogP contribution in [0.5, 0.6) is 5.75 Å². The Morgan fingerprint density at radius 2 is 2.22 bits per heavy atom. The molecule has 5 heteroatoms. The number of nitrogens with two attached hydrogens (primary N) is 1. The van der Waals surface area contributed by atoms with Gasteiger partial charge < -0.3 is 15.7 Å². The van der Waals surface area contributed by atoms with E-state index >= 15 is 0 Å². The summed E-state index contributed by atoms with van der Waals surface area (Å²) in [6.07, 6.45) is 3.24. The van der Waals surface area contributed by atoms with Crippen LogP contribution in [-0.4, -0.2) is 35.6 Å². The van der Waals surface area contributed by atoms with Gasteiger partial charge in [-0.1, -0.05) is 12.1 Å². The largest absolute Gasteiger partial charge is 0.508 e. The second-order valence-electron chi connectivity index (χ2n) is 4.50. The minimum atomic E-state index is 0. The molecule has 18 heavy (non-hydrogen) atoms. The van der Waals surface area contributed by atoms with E-state index in [9.17, 15) is 5.11 Å². The van der Waals surface area contributed by atoms with Gasteiger partial charge in [-0.25, -0.2) is 0 Å². The molecule has 0 aliphatic heterocycles. The number of hydrogen-bond acceptors (Lipinski definition) is 2. The van der Waals surface area contributed by atoms with E-state index in [1.807, 2.05) is 24.1 Å². The van der Waals surface area contributed by atoms with Crippen molar-refractivity contribution in [2.45, 2.75) is 25.3 Å². The molecule has 0 atom stereocenters. The van der Waals surface area contributed by atoms with Gasteiger partial charge >= 0.3 is 0 Å². The predicted octanol–water partition coefficient (Wildman–Crippen LogP) is 1.96. The quantitative estimate of drug-likeness (QED) is 0.490. The monoisotopic (exact) mass is 361 g/mol. The molecule has 1 saturated carbocycles. The molecule has 1 fully saturated rings. The fraction of sp³-hybridized carbons (Fsp3) is 0.462. The van der Waals surface area contributed by atoms with Gasteiger partial charge in [0, 0.05) is 19.6 Å². The van der Waals surface area contributed by atoms with E-state index in [0.717, 1.165) is 12.0 Å². The maximum Gasteiger partial charge on any atom is 0.191 e. The molecule has 0 unspecified atom stereocenters. The molecule has 1 aromatic rings. The summed E-state index contributed by atoms with van der Waals surface area (Å²) in [5.74, 6) is 0.919. The number of phenols is 1. The minimum absolute atomic E-state index is 0. The molecule has 0 amide bonds. The van der Waals surface area contributed by atoms with Crippen molar-refractivity contribution in [2.24, 2.45) is 10.7 Å². The molecule has 1 aromatic carbocycles. The van der Waals surface area contributed by atoms with Crippen molar-refractivity contribution in [1.29, 1.82) is 0 Å². The van der Waals surface area contributed by atoms with Crippen LogP contribution < -0.4 is 5.73 Å². The van der Waals surface area contributed by atoms with Crippen LogP contribution in [0.25, 0.3) is 0 Å². The molecule has 1 aliphatic rings. The third-order valence-electron chi connectivity index (χ3n) is 3.04. The minimum Gasteiger partial charge on any atom is -0.508 e. The Kier molecular flexibility index (Phi) is 5.71. The number of aromatic hydroxyl groups is 1. The molecule has 0 bridgehead atoms. The summed E-state index contributed by atoms with van der Waals surface area (Å²) in [4.78, 5) is 6.39. The van der Waals surface area contributed by atoms with Crippen LogP contribution in [0.1, 0.15) is 18.4 Å². The molecule has 0 radical (unpaired) electrons. The van der Waals surface area contributed by atoms with E-state index in [1.54, 1.807) is 12.1 Å². The summed E-state index contributed by atoms with van der Waals surface area (Å²) in [7, 11) is 1.99. The van der Waals surface area contributed by atoms with Crippen molar-refractivity contribution in [2.75, 3.05) is 13.6 Å². The van der Waals surface area contributed by atoms with Gasteiger partial charge in [0.05, 0.1) is 0 Å². The summed E-state index contributed by atoms with van der Waals surface area (Å²) in [6.45, 7) is 0.659. The highest BCUT2D eigenvalue weighted by atomic mass is 127. The maximum absolute atomic E-state index is 9.32. The lowest BCUT2D eigenvalue weighted by Gasteiger charge is -2.16. The second kappa shape index (κ2) is 6.82. The number of hydrogen-bond donors (Lipinski definition) is 2. The van der Waals surface area contributed by atoms with Gasteiger partial charge in [-0.05, 0) is 37.0 Å². The third-order valence-corrected chi connectivity index (χ3v) is 3.04. The lowest BCUT2D eigenvalue weighted by atomic mass is 10.1. The smallest absolute Gasteiger partial charge is 0.191 e. The lowest BCUT2D eigenvalue weighted by molar-refractivity contribution is 0.474. The van der Waals surface area contributed by atoms with Gasteiger partial charge in [0.15, 0.2) is 5.96 Å². The number of halogens is 1. The molecular weight excluding hydrogens is 341 g/mol. The highest BCUT2D eigenvalue weighted by Crippen LogP contribution is 2.24. The zero-order valence-electron chi connectivity index (χ0n) is 10.5. The number of aliphatic imine (C=N–C) groups is 1. The van der Waals surface area contributed by atoms with E-state index in [0.29, 0.717) is 24.3 Å². The van der Waals surface area contributed by atoms with Gasteiger partial charge in [-0.3, -0.25) is 4.99 Å². The summed E-state index contributed by atoms with van der Waals surface area (Å²) in [5.41, 5.74) is 6.96. The van der Waals surface area contributed by atoms with Crippen LogP contribution in [0.4, 0.5) is 0 Å². The average Bonchev–Trinajstić information content (AvgIpc) is 3.12. The molecule has 0 saturated heterocycles. The zero-order valence-corrected chi connectivity index (χ0v) is 12.9. The number of nitrogens with zero attached hydrogens (tertiary/aromatic N) is 2. The Morgan fingerprint density at radius 1 is 1.50 bits per heavy atom. The van der Waals surface area contributed by atoms with Gasteiger partial charge in [-0.2, -0.15) is 0 Å². The first kappa shape index (κ1) is 15.1. The van der Waals surface area contributed by atoms with E-state index in [2.05, 4.69) is 4.99 Å². The Labute approximate surface area is 125 Å². The Bertz CT molecular complexity index is 418. The van der Waals surface area contributed by atoms with E-state index in [4.69, 9.17) is 5.73 Å². The SMILES string of the molecule is CN(C(N)=NCCc1cccc(O)c1)C1CC1.I. The van der Waals surface area contributed by atoms with Crippen LogP contribution in [0.15, 0.2) is 29.3 Å². The molecule has 1 aliphatic carbocycles. The Morgan fingerprint density at radius 3 is 2.83 bits per heavy atom. The topological polar surface area (TPSA) is 61.8 Å². The van der Waals surface area contributed by atoms with Crippen LogP contribution >= 0.6 is 24.0 Å². The van der Waals surface area contributed by atoms with E-state index < -0.39 is 0 Å². The summed E-state index contributed by atoms with van der Waals surface area (Å²) >= 11 is 0. The molecule has 2 rings (SSSR count). The third kappa shape index (κ3) is 4.36. The van der Waals surface area contributed by atoms with Gasteiger partial charge in [-0.15, -0.1) is 24.0 Å². The highest BCUT2D eigenvalue weighted by Gasteiger charge is 2.27. The molecule has 0 aromatic heterocycles. The molecular formula is C13H20IN3O. The molecule has 4 nitrogen and oxygen atoms in total. The van der Waals surface area contributed by atoms with Crippen molar-refractivity contribution >= 4 is 29.9 Å². The zero-order chi connectivity index (χ0) is 12.3. The van der Waals surface area contributed by atoms with Crippen LogP contribution in [0.3, 0.4) is 0 Å². The first-order chi connectivity index (χ1) is 8.16. The number of phenolic OH excluding ortho intramolecular Hbond substituents is 1. The molecule has 100 valence electrons. The normalized spacial score (nSPS) is 15.1. The van der Waals surface area contributed by atoms with Crippen molar-refractivity contribution in [1.82, 2.24) is 4.90 Å². The van der Waals surface area contributed by atoms with E-state index in [1.165, 1.54) is 12.8 Å². The summed E-state index contributed by atoms with van der Waals surface area (Å²) in [6, 6.07) is 7.85. The highest BCUT2D eigenvalue weighted by molar-refractivity contribution is 14.0. The Hall–Kier alpha value is -0.980. The predicted molar refractivity (Wildman–Crippen MR) is 84.5 cm³/mol. The summed E-state index contributed by atoms with van der Waals surface area (Å²) < 4.78 is 0. The number of guanidine groups is 1.